The lowest BCUT2D eigenvalue weighted by Gasteiger charge is -2.53. The van der Waals surface area contributed by atoms with Crippen LogP contribution in [0.1, 0.15) is 12.5 Å². The van der Waals surface area contributed by atoms with E-state index in [4.69, 9.17) is 4.74 Å². The van der Waals surface area contributed by atoms with E-state index in [1.54, 1.807) is 0 Å². The highest BCUT2D eigenvalue weighted by molar-refractivity contribution is 8.00. The highest BCUT2D eigenvalue weighted by atomic mass is 32.2. The van der Waals surface area contributed by atoms with Crippen molar-refractivity contribution in [1.82, 2.24) is 10.2 Å². The van der Waals surface area contributed by atoms with Gasteiger partial charge in [-0.05, 0) is 5.56 Å². The maximum absolute atomic E-state index is 12.4. The number of aliphatic carboxylic acids is 1. The summed E-state index contributed by atoms with van der Waals surface area (Å²) in [4.78, 5) is 48.5. The molecule has 2 aliphatic heterocycles. The molecular formula is C17H18N2O6S. The second-order valence-corrected chi connectivity index (χ2v) is 7.26. The number of β-lactam (4-membered cyclic amide) rings is 1. The van der Waals surface area contributed by atoms with Gasteiger partial charge in [0, 0.05) is 12.7 Å². The molecule has 2 fully saturated rings. The van der Waals surface area contributed by atoms with E-state index < -0.39 is 41.4 Å². The van der Waals surface area contributed by atoms with Gasteiger partial charge in [-0.1, -0.05) is 30.3 Å². The van der Waals surface area contributed by atoms with Crippen LogP contribution in [0, 0.1) is 0 Å². The minimum atomic E-state index is -1.24. The molecular weight excluding hydrogens is 360 g/mol. The van der Waals surface area contributed by atoms with Gasteiger partial charge in [0.05, 0.1) is 6.42 Å². The lowest BCUT2D eigenvalue weighted by Crippen LogP contribution is -2.77. The van der Waals surface area contributed by atoms with Crippen LogP contribution in [0.15, 0.2) is 30.3 Å². The summed E-state index contributed by atoms with van der Waals surface area (Å²) in [7, 11) is 0. The third-order valence-corrected chi connectivity index (χ3v) is 5.62. The number of carboxylic acids is 1. The largest absolute Gasteiger partial charge is 0.480 e. The first-order valence-electron chi connectivity index (χ1n) is 8.05. The van der Waals surface area contributed by atoms with Crippen LogP contribution in [0.4, 0.5) is 0 Å². The quantitative estimate of drug-likeness (QED) is 0.548. The number of carbonyl (C=O) groups excluding carboxylic acids is 3. The van der Waals surface area contributed by atoms with Crippen molar-refractivity contribution < 1.29 is 29.0 Å². The van der Waals surface area contributed by atoms with Crippen molar-refractivity contribution in [1.29, 1.82) is 0 Å². The summed E-state index contributed by atoms with van der Waals surface area (Å²) in [5.74, 6) is -2.36. The Morgan fingerprint density at radius 1 is 1.31 bits per heavy atom. The van der Waals surface area contributed by atoms with Gasteiger partial charge >= 0.3 is 11.9 Å². The predicted octanol–water partition coefficient (Wildman–Crippen LogP) is 0.0139. The number of fused-ring (bicyclic) bond motifs is 1. The summed E-state index contributed by atoms with van der Waals surface area (Å²) < 4.78 is 5.04. The molecule has 138 valence electrons. The molecule has 0 saturated carbocycles. The molecule has 3 rings (SSSR count). The topological polar surface area (TPSA) is 113 Å². The van der Waals surface area contributed by atoms with E-state index in [0.29, 0.717) is 0 Å². The van der Waals surface area contributed by atoms with Crippen molar-refractivity contribution in [3.05, 3.63) is 35.9 Å². The summed E-state index contributed by atoms with van der Waals surface area (Å²) in [6.45, 7) is 1.19. The fourth-order valence-corrected chi connectivity index (χ4v) is 4.56. The van der Waals surface area contributed by atoms with Crippen molar-refractivity contribution in [2.75, 3.05) is 5.75 Å². The molecule has 2 aliphatic rings. The molecule has 2 N–H and O–H groups in total. The van der Waals surface area contributed by atoms with Gasteiger partial charge in [0.25, 0.3) is 0 Å². The number of carbonyl (C=O) groups is 4. The first-order valence-corrected chi connectivity index (χ1v) is 9.10. The number of amides is 2. The summed E-state index contributed by atoms with van der Waals surface area (Å²) in [6.07, 6.45) is -0.767. The smallest absolute Gasteiger partial charge is 0.330 e. The van der Waals surface area contributed by atoms with Gasteiger partial charge in [0.2, 0.25) is 11.8 Å². The Labute approximate surface area is 153 Å². The normalized spacial score (nSPS) is 27.1. The number of hydrogen-bond acceptors (Lipinski definition) is 6. The van der Waals surface area contributed by atoms with Crippen LogP contribution >= 0.6 is 11.8 Å². The first-order chi connectivity index (χ1) is 12.4. The number of ether oxygens (including phenoxy) is 1. The van der Waals surface area contributed by atoms with Crippen LogP contribution in [0.5, 0.6) is 0 Å². The van der Waals surface area contributed by atoms with Gasteiger partial charge in [-0.25, -0.2) is 4.79 Å². The number of esters is 1. The molecule has 2 heterocycles. The van der Waals surface area contributed by atoms with Crippen LogP contribution in [-0.2, 0) is 30.3 Å². The molecule has 0 aromatic heterocycles. The van der Waals surface area contributed by atoms with E-state index in [1.165, 1.54) is 23.6 Å². The van der Waals surface area contributed by atoms with E-state index in [2.05, 4.69) is 5.32 Å². The van der Waals surface area contributed by atoms with Crippen LogP contribution in [-0.4, -0.2) is 63.1 Å². The van der Waals surface area contributed by atoms with E-state index in [1.807, 2.05) is 30.3 Å². The van der Waals surface area contributed by atoms with Gasteiger partial charge in [-0.2, -0.15) is 0 Å². The Kier molecular flexibility index (Phi) is 5.17. The molecule has 26 heavy (non-hydrogen) atoms. The van der Waals surface area contributed by atoms with Crippen molar-refractivity contribution in [2.24, 2.45) is 0 Å². The second kappa shape index (κ2) is 7.36. The zero-order valence-electron chi connectivity index (χ0n) is 14.0. The number of thioether (sulfide) groups is 1. The Morgan fingerprint density at radius 3 is 2.62 bits per heavy atom. The molecule has 2 saturated heterocycles. The number of nitrogens with one attached hydrogen (secondary N) is 1. The summed E-state index contributed by atoms with van der Waals surface area (Å²) in [5.41, 5.74) is 0.822. The maximum Gasteiger partial charge on any atom is 0.330 e. The fourth-order valence-electron chi connectivity index (χ4n) is 3.15. The fraction of sp³-hybridized carbons (Fsp3) is 0.412. The van der Waals surface area contributed by atoms with Gasteiger partial charge < -0.3 is 20.1 Å². The van der Waals surface area contributed by atoms with Crippen molar-refractivity contribution in [3.8, 4) is 0 Å². The van der Waals surface area contributed by atoms with E-state index in [9.17, 15) is 24.3 Å². The van der Waals surface area contributed by atoms with Gasteiger partial charge in [-0.3, -0.25) is 14.4 Å². The van der Waals surface area contributed by atoms with Gasteiger partial charge in [0.15, 0.2) is 6.04 Å². The number of hydrogen-bond donors (Lipinski definition) is 2. The zero-order valence-corrected chi connectivity index (χ0v) is 14.8. The standard InChI is InChI=1S/C17H18N2O6S/c1-9(20)25-11-8-26-16-13(15(22)19(16)14(11)17(23)24)18-12(21)7-10-5-3-2-4-6-10/h2-6,11,13-14,16H,7-8H2,1H3,(H,18,21)(H,23,24)/t11?,13-,14-,16-/m1/s1. The molecule has 1 unspecified atom stereocenters. The molecule has 0 aliphatic carbocycles. The monoisotopic (exact) mass is 378 g/mol. The molecule has 0 radical (unpaired) electrons. The molecule has 1 aromatic rings. The first kappa shape index (κ1) is 18.2. The minimum Gasteiger partial charge on any atom is -0.480 e. The lowest BCUT2D eigenvalue weighted by atomic mass is 9.99. The molecule has 4 atom stereocenters. The molecule has 2 amide bonds. The highest BCUT2D eigenvalue weighted by Gasteiger charge is 2.58. The van der Waals surface area contributed by atoms with Crippen molar-refractivity contribution >= 4 is 35.5 Å². The number of rotatable bonds is 5. The van der Waals surface area contributed by atoms with E-state index in [-0.39, 0.29) is 18.1 Å². The SMILES string of the molecule is CC(=O)OC1CS[C@@H]2[C@H](NC(=O)Cc3ccccc3)C(=O)N2[C@H]1C(=O)O. The molecule has 1 aromatic carbocycles. The third-order valence-electron chi connectivity index (χ3n) is 4.26. The number of carboxylic acid groups (broad SMARTS) is 1. The van der Waals surface area contributed by atoms with Crippen LogP contribution in [0.25, 0.3) is 0 Å². The van der Waals surface area contributed by atoms with E-state index >= 15 is 0 Å². The zero-order chi connectivity index (χ0) is 18.8. The average Bonchev–Trinajstić information content (AvgIpc) is 2.59. The number of nitrogens with zero attached hydrogens (tertiary/aromatic N) is 1. The molecule has 0 bridgehead atoms. The Balaban J connectivity index is 1.65. The Bertz CT molecular complexity index is 740. The van der Waals surface area contributed by atoms with Crippen LogP contribution in [0.3, 0.4) is 0 Å². The molecule has 0 spiro atoms. The highest BCUT2D eigenvalue weighted by Crippen LogP contribution is 2.39. The van der Waals surface area contributed by atoms with Gasteiger partial charge in [0.1, 0.15) is 17.5 Å². The lowest BCUT2D eigenvalue weighted by molar-refractivity contribution is -0.173. The summed E-state index contributed by atoms with van der Waals surface area (Å²) in [5, 5.41) is 11.6. The summed E-state index contributed by atoms with van der Waals surface area (Å²) in [6, 6.07) is 7.11. The second-order valence-electron chi connectivity index (χ2n) is 6.11. The van der Waals surface area contributed by atoms with Crippen molar-refractivity contribution in [3.63, 3.8) is 0 Å². The summed E-state index contributed by atoms with van der Waals surface area (Å²) >= 11 is 1.29. The van der Waals surface area contributed by atoms with Crippen molar-refractivity contribution in [2.45, 2.75) is 36.9 Å². The molecule has 8 nitrogen and oxygen atoms in total. The third kappa shape index (κ3) is 3.52. The Hall–Kier alpha value is -2.55. The van der Waals surface area contributed by atoms with Crippen LogP contribution < -0.4 is 5.32 Å². The minimum absolute atomic E-state index is 0.139. The Morgan fingerprint density at radius 2 is 2.00 bits per heavy atom. The molecule has 9 heteroatoms. The van der Waals surface area contributed by atoms with E-state index in [0.717, 1.165) is 5.56 Å². The predicted molar refractivity (Wildman–Crippen MR) is 92.1 cm³/mol. The number of benzene rings is 1. The van der Waals surface area contributed by atoms with Crippen LogP contribution in [0.2, 0.25) is 0 Å². The van der Waals surface area contributed by atoms with Gasteiger partial charge in [-0.15, -0.1) is 11.8 Å². The maximum atomic E-state index is 12.4. The average molecular weight is 378 g/mol.